The second kappa shape index (κ2) is 4.84. The average Bonchev–Trinajstić information content (AvgIpc) is 2.36. The largest absolute Gasteiger partial charge is 0.384 e. The van der Waals surface area contributed by atoms with Crippen molar-refractivity contribution in [2.45, 2.75) is 54.5 Å². The van der Waals surface area contributed by atoms with Gasteiger partial charge in [-0.15, -0.1) is 0 Å². The molecule has 12 heteroatoms. The quantitative estimate of drug-likeness (QED) is 0.600. The number of nitrogens with two attached hydrogens (primary N) is 1. The highest BCUT2D eigenvalue weighted by molar-refractivity contribution is 5.26. The van der Waals surface area contributed by atoms with Gasteiger partial charge in [-0.3, -0.25) is 0 Å². The Bertz CT molecular complexity index is 401. The van der Waals surface area contributed by atoms with Gasteiger partial charge in [0, 0.05) is 0 Å². The number of hydrogen-bond acceptors (Lipinski definition) is 1. The summed E-state index contributed by atoms with van der Waals surface area (Å²) in [7, 11) is 0. The minimum absolute atomic E-state index is 0.365. The van der Waals surface area contributed by atoms with Gasteiger partial charge in [-0.25, -0.2) is 4.39 Å². The van der Waals surface area contributed by atoms with E-state index in [1.165, 1.54) is 0 Å². The Morgan fingerprint density at radius 1 is 0.500 bits per heavy atom. The molecule has 0 aromatic heterocycles. The van der Waals surface area contributed by atoms with Crippen molar-refractivity contribution < 1.29 is 48.3 Å². The van der Waals surface area contributed by atoms with Crippen LogP contribution in [0.15, 0.2) is 0 Å². The van der Waals surface area contributed by atoms with E-state index in [9.17, 15) is 48.3 Å². The van der Waals surface area contributed by atoms with Crippen LogP contribution in [0.4, 0.5) is 48.3 Å². The number of halogens is 11. The molecule has 22 heavy (non-hydrogen) atoms. The lowest BCUT2D eigenvalue weighted by molar-refractivity contribution is -0.485. The second-order valence-electron chi connectivity index (χ2n) is 4.92. The fourth-order valence-electron chi connectivity index (χ4n) is 2.11. The summed E-state index contributed by atoms with van der Waals surface area (Å²) >= 11 is 0. The predicted octanol–water partition coefficient (Wildman–Crippen LogP) is 4.01. The maximum atomic E-state index is 14.0. The Kier molecular flexibility index (Phi) is 4.23. The van der Waals surface area contributed by atoms with Crippen molar-refractivity contribution in [3.05, 3.63) is 0 Å². The highest BCUT2D eigenvalue weighted by atomic mass is 19.4. The third-order valence-electron chi connectivity index (χ3n) is 3.55. The van der Waals surface area contributed by atoms with Crippen LogP contribution in [0.3, 0.4) is 0 Å². The van der Waals surface area contributed by atoms with E-state index in [0.29, 0.717) is 0 Å². The molecule has 2 N–H and O–H groups in total. The topological polar surface area (TPSA) is 26.0 Å². The van der Waals surface area contributed by atoms with E-state index in [1.807, 2.05) is 0 Å². The molecule has 0 saturated heterocycles. The van der Waals surface area contributed by atoms with Crippen molar-refractivity contribution in [1.82, 2.24) is 0 Å². The molecule has 1 nitrogen and oxygen atoms in total. The fraction of sp³-hybridized carbons (Fsp3) is 1.00. The zero-order chi connectivity index (χ0) is 17.8. The van der Waals surface area contributed by atoms with Gasteiger partial charge in [0.25, 0.3) is 0 Å². The number of alkyl halides is 11. The first-order valence-corrected chi connectivity index (χ1v) is 5.84. The fourth-order valence-corrected chi connectivity index (χ4v) is 2.11. The predicted molar refractivity (Wildman–Crippen MR) is 51.5 cm³/mol. The van der Waals surface area contributed by atoms with Gasteiger partial charge < -0.3 is 5.73 Å². The van der Waals surface area contributed by atoms with Gasteiger partial charge in [-0.2, -0.15) is 43.9 Å². The van der Waals surface area contributed by atoms with Crippen LogP contribution in [0.2, 0.25) is 0 Å². The lowest BCUT2D eigenvalue weighted by Gasteiger charge is -2.52. The van der Waals surface area contributed by atoms with Crippen LogP contribution in [0, 0.1) is 0 Å². The van der Waals surface area contributed by atoms with E-state index in [-0.39, 0.29) is 6.54 Å². The van der Waals surface area contributed by atoms with Gasteiger partial charge in [-0.05, 0) is 25.8 Å². The lowest BCUT2D eigenvalue weighted by Crippen LogP contribution is -2.83. The molecule has 0 radical (unpaired) electrons. The molecule has 1 saturated carbocycles. The van der Waals surface area contributed by atoms with Crippen molar-refractivity contribution in [2.75, 3.05) is 6.54 Å². The zero-order valence-electron chi connectivity index (χ0n) is 10.6. The minimum Gasteiger partial charge on any atom is -0.330 e. The molecule has 0 amide bonds. The van der Waals surface area contributed by atoms with Crippen molar-refractivity contribution >= 4 is 0 Å². The number of rotatable bonds is 4. The van der Waals surface area contributed by atoms with E-state index in [2.05, 4.69) is 0 Å². The first-order valence-electron chi connectivity index (χ1n) is 5.84. The van der Waals surface area contributed by atoms with Crippen LogP contribution < -0.4 is 5.73 Å². The summed E-state index contributed by atoms with van der Waals surface area (Å²) in [6.07, 6.45) is -3.63. The molecule has 1 aliphatic carbocycles. The standard InChI is InChI=1S/C10H10F11N/c11-5(3-1-2-4-22)6(12,13)8(16,17)10(20,21)9(18,19)7(5,14)15/h1-4,22H2. The van der Waals surface area contributed by atoms with Crippen LogP contribution in [0.1, 0.15) is 19.3 Å². The van der Waals surface area contributed by atoms with E-state index in [4.69, 9.17) is 5.73 Å². The summed E-state index contributed by atoms with van der Waals surface area (Å²) in [4.78, 5) is 0. The van der Waals surface area contributed by atoms with Gasteiger partial charge in [0.15, 0.2) is 0 Å². The first kappa shape index (κ1) is 19.2. The van der Waals surface area contributed by atoms with Gasteiger partial charge in [0.1, 0.15) is 0 Å². The average molecular weight is 353 g/mol. The highest BCUT2D eigenvalue weighted by Crippen LogP contribution is 2.70. The Morgan fingerprint density at radius 2 is 0.818 bits per heavy atom. The molecule has 0 aliphatic heterocycles. The van der Waals surface area contributed by atoms with Crippen LogP contribution in [0.5, 0.6) is 0 Å². The van der Waals surface area contributed by atoms with Gasteiger partial charge in [0.2, 0.25) is 5.67 Å². The summed E-state index contributed by atoms with van der Waals surface area (Å²) in [5.74, 6) is -34.6. The molecular formula is C10H10F11N. The molecule has 1 aliphatic rings. The molecule has 1 fully saturated rings. The SMILES string of the molecule is NCCCCC1(F)C(F)(F)C(F)(F)C(F)(F)C(F)(F)C1(F)F. The molecule has 0 aromatic carbocycles. The molecule has 0 heterocycles. The van der Waals surface area contributed by atoms with Crippen LogP contribution >= 0.6 is 0 Å². The van der Waals surface area contributed by atoms with E-state index in [0.717, 1.165) is 0 Å². The zero-order valence-corrected chi connectivity index (χ0v) is 10.6. The maximum absolute atomic E-state index is 14.0. The first-order chi connectivity index (χ1) is 9.56. The molecule has 0 spiro atoms. The summed E-state index contributed by atoms with van der Waals surface area (Å²) < 4.78 is 145. The maximum Gasteiger partial charge on any atom is 0.384 e. The third kappa shape index (κ3) is 1.81. The summed E-state index contributed by atoms with van der Waals surface area (Å²) in [5.41, 5.74) is -0.999. The van der Waals surface area contributed by atoms with Crippen molar-refractivity contribution in [2.24, 2.45) is 5.73 Å². The molecular weight excluding hydrogens is 343 g/mol. The minimum atomic E-state index is -7.14. The van der Waals surface area contributed by atoms with Crippen molar-refractivity contribution in [1.29, 1.82) is 0 Å². The van der Waals surface area contributed by atoms with Crippen molar-refractivity contribution in [3.63, 3.8) is 0 Å². The van der Waals surface area contributed by atoms with Crippen LogP contribution in [0.25, 0.3) is 0 Å². The molecule has 132 valence electrons. The van der Waals surface area contributed by atoms with E-state index in [1.54, 1.807) is 0 Å². The monoisotopic (exact) mass is 353 g/mol. The Morgan fingerprint density at radius 3 is 1.14 bits per heavy atom. The second-order valence-corrected chi connectivity index (χ2v) is 4.92. The van der Waals surface area contributed by atoms with Crippen molar-refractivity contribution in [3.8, 4) is 0 Å². The van der Waals surface area contributed by atoms with E-state index >= 15 is 0 Å². The summed E-state index contributed by atoms with van der Waals surface area (Å²) in [5, 5.41) is 0. The molecule has 1 rings (SSSR count). The Balaban J connectivity index is 3.55. The van der Waals surface area contributed by atoms with Gasteiger partial charge >= 0.3 is 29.6 Å². The lowest BCUT2D eigenvalue weighted by atomic mass is 9.70. The Hall–Kier alpha value is -0.810. The van der Waals surface area contributed by atoms with Crippen LogP contribution in [-0.4, -0.2) is 41.8 Å². The number of unbranched alkanes of at least 4 members (excludes halogenated alkanes) is 1. The third-order valence-corrected chi connectivity index (χ3v) is 3.55. The van der Waals surface area contributed by atoms with Crippen LogP contribution in [-0.2, 0) is 0 Å². The normalized spacial score (nSPS) is 30.0. The molecule has 0 bridgehead atoms. The Labute approximate surface area is 116 Å². The smallest absolute Gasteiger partial charge is 0.330 e. The molecule has 0 aromatic rings. The molecule has 0 atom stereocenters. The van der Waals surface area contributed by atoms with Gasteiger partial charge in [-0.1, -0.05) is 0 Å². The summed E-state index contributed by atoms with van der Waals surface area (Å²) in [6.45, 7) is -0.365. The molecule has 0 unspecified atom stereocenters. The van der Waals surface area contributed by atoms with E-state index < -0.39 is 54.5 Å². The number of hydrogen-bond donors (Lipinski definition) is 1. The summed E-state index contributed by atoms with van der Waals surface area (Å²) in [6, 6.07) is 0. The highest BCUT2D eigenvalue weighted by Gasteiger charge is 3.00. The van der Waals surface area contributed by atoms with Gasteiger partial charge in [0.05, 0.1) is 0 Å².